The normalized spacial score (nSPS) is 12.7. The van der Waals surface area contributed by atoms with Gasteiger partial charge < -0.3 is 4.98 Å². The standard InChI is InChI=1S/C18H18ClN3O/c1-12(22(2)11-13-6-5-7-14(19)10-13)17-20-16-9-4-3-8-15(16)18(23)21-17/h3-10,12H,11H2,1-2H3,(H,20,21,23)/t12-/m1/s1. The molecule has 0 aliphatic heterocycles. The van der Waals surface area contributed by atoms with Crippen molar-refractivity contribution in [2.75, 3.05) is 7.05 Å². The zero-order chi connectivity index (χ0) is 16.4. The number of rotatable bonds is 4. The molecule has 1 atom stereocenters. The molecule has 4 nitrogen and oxygen atoms in total. The molecule has 2 aromatic carbocycles. The minimum Gasteiger partial charge on any atom is -0.309 e. The molecule has 1 aromatic heterocycles. The molecule has 0 aliphatic rings. The summed E-state index contributed by atoms with van der Waals surface area (Å²) < 4.78 is 0. The number of para-hydroxylation sites is 1. The van der Waals surface area contributed by atoms with E-state index >= 15 is 0 Å². The predicted octanol–water partition coefficient (Wildman–Crippen LogP) is 3.77. The van der Waals surface area contributed by atoms with Crippen LogP contribution in [-0.4, -0.2) is 21.9 Å². The van der Waals surface area contributed by atoms with E-state index in [1.54, 1.807) is 6.07 Å². The van der Waals surface area contributed by atoms with E-state index < -0.39 is 0 Å². The van der Waals surface area contributed by atoms with Crippen LogP contribution in [0, 0.1) is 0 Å². The summed E-state index contributed by atoms with van der Waals surface area (Å²) in [4.78, 5) is 21.8. The maximum atomic E-state index is 12.2. The van der Waals surface area contributed by atoms with Crippen LogP contribution < -0.4 is 5.56 Å². The summed E-state index contributed by atoms with van der Waals surface area (Å²) in [6, 6.07) is 15.1. The van der Waals surface area contributed by atoms with Crippen molar-refractivity contribution in [3.8, 4) is 0 Å². The number of nitrogens with one attached hydrogen (secondary N) is 1. The van der Waals surface area contributed by atoms with Gasteiger partial charge in [0.15, 0.2) is 0 Å². The van der Waals surface area contributed by atoms with Crippen molar-refractivity contribution in [3.63, 3.8) is 0 Å². The topological polar surface area (TPSA) is 49.0 Å². The highest BCUT2D eigenvalue weighted by molar-refractivity contribution is 6.30. The molecule has 0 saturated heterocycles. The summed E-state index contributed by atoms with van der Waals surface area (Å²) in [5.41, 5.74) is 1.73. The quantitative estimate of drug-likeness (QED) is 0.793. The minimum atomic E-state index is -0.103. The third-order valence-electron chi connectivity index (χ3n) is 4.01. The molecule has 3 aromatic rings. The molecule has 1 heterocycles. The number of benzene rings is 2. The van der Waals surface area contributed by atoms with Crippen LogP contribution in [0.3, 0.4) is 0 Å². The van der Waals surface area contributed by atoms with Gasteiger partial charge in [0.2, 0.25) is 0 Å². The molecule has 23 heavy (non-hydrogen) atoms. The van der Waals surface area contributed by atoms with E-state index in [-0.39, 0.29) is 11.6 Å². The highest BCUT2D eigenvalue weighted by atomic mass is 35.5. The van der Waals surface area contributed by atoms with Crippen LogP contribution in [0.4, 0.5) is 0 Å². The molecule has 0 unspecified atom stereocenters. The number of aromatic amines is 1. The number of H-pyrrole nitrogens is 1. The SMILES string of the molecule is C[C@H](c1nc2ccccc2c(=O)[nH]1)N(C)Cc1cccc(Cl)c1. The monoisotopic (exact) mass is 327 g/mol. The summed E-state index contributed by atoms with van der Waals surface area (Å²) in [5, 5.41) is 1.33. The summed E-state index contributed by atoms with van der Waals surface area (Å²) in [7, 11) is 2.00. The molecule has 3 rings (SSSR count). The highest BCUT2D eigenvalue weighted by Gasteiger charge is 2.16. The van der Waals surface area contributed by atoms with Gasteiger partial charge in [-0.2, -0.15) is 0 Å². The minimum absolute atomic E-state index is 0.0220. The van der Waals surface area contributed by atoms with Crippen LogP contribution in [0.25, 0.3) is 10.9 Å². The van der Waals surface area contributed by atoms with Crippen molar-refractivity contribution >= 4 is 22.5 Å². The Morgan fingerprint density at radius 2 is 2.00 bits per heavy atom. The van der Waals surface area contributed by atoms with Gasteiger partial charge in [0.05, 0.1) is 16.9 Å². The second kappa shape index (κ2) is 6.52. The first-order chi connectivity index (χ1) is 11.0. The molecule has 5 heteroatoms. The van der Waals surface area contributed by atoms with Gasteiger partial charge in [-0.3, -0.25) is 9.69 Å². The Bertz CT molecular complexity index is 891. The summed E-state index contributed by atoms with van der Waals surface area (Å²) in [6.45, 7) is 2.75. The lowest BCUT2D eigenvalue weighted by Gasteiger charge is -2.24. The van der Waals surface area contributed by atoms with Gasteiger partial charge in [-0.05, 0) is 43.8 Å². The first kappa shape index (κ1) is 15.7. The molecular weight excluding hydrogens is 310 g/mol. The number of fused-ring (bicyclic) bond motifs is 1. The third kappa shape index (κ3) is 3.44. The Morgan fingerprint density at radius 1 is 1.22 bits per heavy atom. The maximum absolute atomic E-state index is 12.2. The van der Waals surface area contributed by atoms with Crippen LogP contribution in [0.1, 0.15) is 24.4 Å². The first-order valence-electron chi connectivity index (χ1n) is 7.48. The van der Waals surface area contributed by atoms with E-state index in [0.717, 1.165) is 17.1 Å². The van der Waals surface area contributed by atoms with Gasteiger partial charge >= 0.3 is 0 Å². The van der Waals surface area contributed by atoms with E-state index in [4.69, 9.17) is 11.6 Å². The van der Waals surface area contributed by atoms with Gasteiger partial charge in [-0.1, -0.05) is 35.9 Å². The zero-order valence-electron chi connectivity index (χ0n) is 13.1. The van der Waals surface area contributed by atoms with Crippen molar-refractivity contribution in [1.82, 2.24) is 14.9 Å². The third-order valence-corrected chi connectivity index (χ3v) is 4.24. The average molecular weight is 328 g/mol. The molecule has 0 aliphatic carbocycles. The van der Waals surface area contributed by atoms with Crippen molar-refractivity contribution < 1.29 is 0 Å². The second-order valence-corrected chi connectivity index (χ2v) is 6.13. The number of halogens is 1. The van der Waals surface area contributed by atoms with Crippen LogP contribution >= 0.6 is 11.6 Å². The zero-order valence-corrected chi connectivity index (χ0v) is 13.8. The number of hydrogen-bond donors (Lipinski definition) is 1. The number of aromatic nitrogens is 2. The molecule has 0 radical (unpaired) electrons. The molecule has 0 amide bonds. The van der Waals surface area contributed by atoms with Crippen molar-refractivity contribution in [2.45, 2.75) is 19.5 Å². The molecular formula is C18H18ClN3O. The Morgan fingerprint density at radius 3 is 2.78 bits per heavy atom. The molecule has 118 valence electrons. The van der Waals surface area contributed by atoms with E-state index in [2.05, 4.69) is 14.9 Å². The molecule has 1 N–H and O–H groups in total. The molecule has 0 bridgehead atoms. The Labute approximate surface area is 139 Å². The average Bonchev–Trinajstić information content (AvgIpc) is 2.54. The molecule has 0 spiro atoms. The lowest BCUT2D eigenvalue weighted by atomic mass is 10.1. The highest BCUT2D eigenvalue weighted by Crippen LogP contribution is 2.19. The van der Waals surface area contributed by atoms with Crippen LogP contribution in [0.5, 0.6) is 0 Å². The fraction of sp³-hybridized carbons (Fsp3) is 0.222. The predicted molar refractivity (Wildman–Crippen MR) is 93.7 cm³/mol. The number of hydrogen-bond acceptors (Lipinski definition) is 3. The van der Waals surface area contributed by atoms with E-state index in [1.165, 1.54) is 0 Å². The van der Waals surface area contributed by atoms with E-state index in [1.807, 2.05) is 56.4 Å². The first-order valence-corrected chi connectivity index (χ1v) is 7.86. The lowest BCUT2D eigenvalue weighted by molar-refractivity contribution is 0.244. The van der Waals surface area contributed by atoms with Gasteiger partial charge in [-0.15, -0.1) is 0 Å². The fourth-order valence-corrected chi connectivity index (χ4v) is 2.78. The van der Waals surface area contributed by atoms with Crippen LogP contribution in [0.2, 0.25) is 5.02 Å². The Kier molecular flexibility index (Phi) is 4.46. The van der Waals surface area contributed by atoms with Crippen molar-refractivity contribution in [3.05, 3.63) is 75.3 Å². The summed E-state index contributed by atoms with van der Waals surface area (Å²) >= 11 is 6.03. The van der Waals surface area contributed by atoms with Gasteiger partial charge in [0.1, 0.15) is 5.82 Å². The Hall–Kier alpha value is -2.17. The number of nitrogens with zero attached hydrogens (tertiary/aromatic N) is 2. The van der Waals surface area contributed by atoms with Crippen LogP contribution in [-0.2, 0) is 6.54 Å². The lowest BCUT2D eigenvalue weighted by Crippen LogP contribution is -2.26. The van der Waals surface area contributed by atoms with E-state index in [9.17, 15) is 4.79 Å². The van der Waals surface area contributed by atoms with Gasteiger partial charge in [0.25, 0.3) is 5.56 Å². The van der Waals surface area contributed by atoms with E-state index in [0.29, 0.717) is 16.7 Å². The van der Waals surface area contributed by atoms with Crippen molar-refractivity contribution in [2.24, 2.45) is 0 Å². The summed E-state index contributed by atoms with van der Waals surface area (Å²) in [6.07, 6.45) is 0. The molecule has 0 fully saturated rings. The maximum Gasteiger partial charge on any atom is 0.258 e. The second-order valence-electron chi connectivity index (χ2n) is 5.69. The smallest absolute Gasteiger partial charge is 0.258 e. The van der Waals surface area contributed by atoms with Crippen LogP contribution in [0.15, 0.2) is 53.3 Å². The van der Waals surface area contributed by atoms with Gasteiger partial charge in [-0.25, -0.2) is 4.98 Å². The molecule has 0 saturated carbocycles. The fourth-order valence-electron chi connectivity index (χ4n) is 2.57. The van der Waals surface area contributed by atoms with Gasteiger partial charge in [0, 0.05) is 11.6 Å². The Balaban J connectivity index is 1.87. The largest absolute Gasteiger partial charge is 0.309 e. The summed E-state index contributed by atoms with van der Waals surface area (Å²) in [5.74, 6) is 0.665. The van der Waals surface area contributed by atoms with Crippen molar-refractivity contribution in [1.29, 1.82) is 0 Å².